The molecule has 0 unspecified atom stereocenters. The van der Waals surface area contributed by atoms with E-state index < -0.39 is 15.6 Å². The third kappa shape index (κ3) is 4.18. The van der Waals surface area contributed by atoms with E-state index in [4.69, 9.17) is 10.5 Å². The minimum Gasteiger partial charge on any atom is -0.495 e. The van der Waals surface area contributed by atoms with Gasteiger partial charge in [-0.3, -0.25) is 0 Å². The van der Waals surface area contributed by atoms with Crippen LogP contribution in [0.25, 0.3) is 0 Å². The Morgan fingerprint density at radius 3 is 2.45 bits per heavy atom. The summed E-state index contributed by atoms with van der Waals surface area (Å²) in [5, 5.41) is 0. The fourth-order valence-corrected chi connectivity index (χ4v) is 3.52. The quantitative estimate of drug-likeness (QED) is 0.777. The lowest BCUT2D eigenvalue weighted by Gasteiger charge is -2.26. The molecule has 0 aromatic heterocycles. The molecular weight excluding hydrogens is 344 g/mol. The van der Waals surface area contributed by atoms with E-state index in [1.54, 1.807) is 12.1 Å². The fourth-order valence-electron chi connectivity index (χ4n) is 1.68. The molecule has 7 heteroatoms. The van der Waals surface area contributed by atoms with Gasteiger partial charge in [0.2, 0.25) is 10.0 Å². The molecule has 1 rings (SSSR count). The van der Waals surface area contributed by atoms with Crippen LogP contribution in [0.2, 0.25) is 0 Å². The van der Waals surface area contributed by atoms with Gasteiger partial charge in [-0.15, -0.1) is 0 Å². The van der Waals surface area contributed by atoms with Crippen LogP contribution in [0, 0.1) is 0 Å². The van der Waals surface area contributed by atoms with E-state index in [0.29, 0.717) is 23.1 Å². The van der Waals surface area contributed by atoms with E-state index in [9.17, 15) is 8.42 Å². The second-order valence-corrected chi connectivity index (χ2v) is 7.34. The standard InChI is InChI=1S/C13H21BrN2O3S/c1-4-13(15,5-2)9-16-20(17,18)12-8-10(14)6-7-11(12)19-3/h6-8,16H,4-5,9,15H2,1-3H3. The summed E-state index contributed by atoms with van der Waals surface area (Å²) >= 11 is 3.26. The highest BCUT2D eigenvalue weighted by molar-refractivity contribution is 9.10. The summed E-state index contributed by atoms with van der Waals surface area (Å²) in [4.78, 5) is 0.101. The van der Waals surface area contributed by atoms with Gasteiger partial charge in [0, 0.05) is 16.6 Å². The highest BCUT2D eigenvalue weighted by atomic mass is 79.9. The molecule has 0 aliphatic rings. The fraction of sp³-hybridized carbons (Fsp3) is 0.538. The smallest absolute Gasteiger partial charge is 0.244 e. The van der Waals surface area contributed by atoms with Gasteiger partial charge in [-0.2, -0.15) is 0 Å². The van der Waals surface area contributed by atoms with E-state index in [2.05, 4.69) is 20.7 Å². The monoisotopic (exact) mass is 364 g/mol. The largest absolute Gasteiger partial charge is 0.495 e. The predicted molar refractivity (Wildman–Crippen MR) is 83.4 cm³/mol. The molecule has 20 heavy (non-hydrogen) atoms. The number of rotatable bonds is 7. The van der Waals surface area contributed by atoms with Crippen molar-refractivity contribution in [2.24, 2.45) is 5.73 Å². The number of methoxy groups -OCH3 is 1. The minimum absolute atomic E-state index is 0.101. The van der Waals surface area contributed by atoms with E-state index in [1.807, 2.05) is 13.8 Å². The molecule has 0 saturated carbocycles. The molecular formula is C13H21BrN2O3S. The van der Waals surface area contributed by atoms with Crippen LogP contribution in [0.1, 0.15) is 26.7 Å². The molecule has 0 saturated heterocycles. The number of ether oxygens (including phenoxy) is 1. The van der Waals surface area contributed by atoms with Crippen LogP contribution in [0.15, 0.2) is 27.6 Å². The zero-order valence-electron chi connectivity index (χ0n) is 11.9. The Labute approximate surface area is 129 Å². The number of hydrogen-bond donors (Lipinski definition) is 2. The molecule has 0 fully saturated rings. The van der Waals surface area contributed by atoms with Crippen molar-refractivity contribution in [1.29, 1.82) is 0 Å². The van der Waals surface area contributed by atoms with Crippen molar-refractivity contribution >= 4 is 26.0 Å². The Bertz CT molecular complexity index is 557. The van der Waals surface area contributed by atoms with Crippen molar-refractivity contribution in [3.8, 4) is 5.75 Å². The first-order valence-corrected chi connectivity index (χ1v) is 8.67. The number of sulfonamides is 1. The Kier molecular flexibility index (Phi) is 6.00. The first kappa shape index (κ1) is 17.4. The van der Waals surface area contributed by atoms with Gasteiger partial charge < -0.3 is 10.5 Å². The summed E-state index contributed by atoms with van der Waals surface area (Å²) < 4.78 is 33.1. The van der Waals surface area contributed by atoms with Crippen LogP contribution >= 0.6 is 15.9 Å². The summed E-state index contributed by atoms with van der Waals surface area (Å²) in [5.41, 5.74) is 5.58. The van der Waals surface area contributed by atoms with Crippen LogP contribution in [-0.2, 0) is 10.0 Å². The number of hydrogen-bond acceptors (Lipinski definition) is 4. The maximum Gasteiger partial charge on any atom is 0.244 e. The molecule has 0 spiro atoms. The van der Waals surface area contributed by atoms with Crippen LogP contribution in [-0.4, -0.2) is 27.6 Å². The SMILES string of the molecule is CCC(N)(CC)CNS(=O)(=O)c1cc(Br)ccc1OC. The Morgan fingerprint density at radius 1 is 1.35 bits per heavy atom. The van der Waals surface area contributed by atoms with Gasteiger partial charge in [0.15, 0.2) is 0 Å². The summed E-state index contributed by atoms with van der Waals surface area (Å²) in [6.45, 7) is 4.08. The topological polar surface area (TPSA) is 81.4 Å². The summed E-state index contributed by atoms with van der Waals surface area (Å²) in [7, 11) is -2.23. The van der Waals surface area contributed by atoms with Gasteiger partial charge >= 0.3 is 0 Å². The predicted octanol–water partition coefficient (Wildman–Crippen LogP) is 2.25. The average Bonchev–Trinajstić information content (AvgIpc) is 2.45. The van der Waals surface area contributed by atoms with Gasteiger partial charge in [-0.05, 0) is 31.0 Å². The Balaban J connectivity index is 3.03. The second-order valence-electron chi connectivity index (χ2n) is 4.69. The van der Waals surface area contributed by atoms with E-state index in [-0.39, 0.29) is 11.4 Å². The molecule has 1 aromatic rings. The van der Waals surface area contributed by atoms with Gasteiger partial charge in [0.1, 0.15) is 10.6 Å². The van der Waals surface area contributed by atoms with Gasteiger partial charge in [0.25, 0.3) is 0 Å². The highest BCUT2D eigenvalue weighted by Gasteiger charge is 2.26. The Hall–Kier alpha value is -0.630. The lowest BCUT2D eigenvalue weighted by atomic mass is 9.95. The van der Waals surface area contributed by atoms with Crippen molar-refractivity contribution in [2.75, 3.05) is 13.7 Å². The summed E-state index contributed by atoms with van der Waals surface area (Å²) in [5.74, 6) is 0.302. The summed E-state index contributed by atoms with van der Waals surface area (Å²) in [6, 6.07) is 4.84. The lowest BCUT2D eigenvalue weighted by molar-refractivity contribution is 0.388. The van der Waals surface area contributed by atoms with E-state index >= 15 is 0 Å². The van der Waals surface area contributed by atoms with Crippen molar-refractivity contribution in [2.45, 2.75) is 37.1 Å². The maximum absolute atomic E-state index is 12.4. The van der Waals surface area contributed by atoms with E-state index in [0.717, 1.165) is 0 Å². The van der Waals surface area contributed by atoms with Crippen LogP contribution in [0.4, 0.5) is 0 Å². The van der Waals surface area contributed by atoms with Crippen LogP contribution < -0.4 is 15.2 Å². The number of nitrogens with two attached hydrogens (primary N) is 1. The normalized spacial score (nSPS) is 12.4. The van der Waals surface area contributed by atoms with Crippen molar-refractivity contribution in [1.82, 2.24) is 4.72 Å². The lowest BCUT2D eigenvalue weighted by Crippen LogP contribution is -2.49. The molecule has 0 bridgehead atoms. The van der Waals surface area contributed by atoms with Gasteiger partial charge in [-0.25, -0.2) is 13.1 Å². The van der Waals surface area contributed by atoms with Gasteiger partial charge in [-0.1, -0.05) is 29.8 Å². The van der Waals surface area contributed by atoms with Crippen LogP contribution in [0.5, 0.6) is 5.75 Å². The first-order chi connectivity index (χ1) is 9.28. The molecule has 0 atom stereocenters. The minimum atomic E-state index is -3.66. The molecule has 0 aliphatic carbocycles. The number of nitrogens with one attached hydrogen (secondary N) is 1. The summed E-state index contributed by atoms with van der Waals surface area (Å²) in [6.07, 6.45) is 1.39. The van der Waals surface area contributed by atoms with Crippen molar-refractivity contribution in [3.63, 3.8) is 0 Å². The molecule has 3 N–H and O–H groups in total. The average molecular weight is 365 g/mol. The molecule has 5 nitrogen and oxygen atoms in total. The molecule has 0 aliphatic heterocycles. The number of benzene rings is 1. The number of halogens is 1. The molecule has 0 heterocycles. The van der Waals surface area contributed by atoms with E-state index in [1.165, 1.54) is 13.2 Å². The van der Waals surface area contributed by atoms with Gasteiger partial charge in [0.05, 0.1) is 7.11 Å². The zero-order chi connectivity index (χ0) is 15.4. The third-order valence-corrected chi connectivity index (χ3v) is 5.35. The molecule has 1 aromatic carbocycles. The molecule has 0 amide bonds. The first-order valence-electron chi connectivity index (χ1n) is 6.40. The Morgan fingerprint density at radius 2 is 1.95 bits per heavy atom. The van der Waals surface area contributed by atoms with Crippen molar-refractivity contribution < 1.29 is 13.2 Å². The van der Waals surface area contributed by atoms with Crippen LogP contribution in [0.3, 0.4) is 0 Å². The third-order valence-electron chi connectivity index (χ3n) is 3.44. The maximum atomic E-state index is 12.4. The zero-order valence-corrected chi connectivity index (χ0v) is 14.3. The van der Waals surface area contributed by atoms with Crippen molar-refractivity contribution in [3.05, 3.63) is 22.7 Å². The second kappa shape index (κ2) is 6.89. The highest BCUT2D eigenvalue weighted by Crippen LogP contribution is 2.27. The molecule has 114 valence electrons. The molecule has 0 radical (unpaired) electrons.